The molecule has 0 radical (unpaired) electrons. The van der Waals surface area contributed by atoms with Gasteiger partial charge < -0.3 is 10.3 Å². The number of nitrogens with one attached hydrogen (secondary N) is 2. The Kier molecular flexibility index (Phi) is 2.77. The van der Waals surface area contributed by atoms with Crippen LogP contribution in [0.15, 0.2) is 42.7 Å². The predicted molar refractivity (Wildman–Crippen MR) is 66.0 cm³/mol. The van der Waals surface area contributed by atoms with Gasteiger partial charge >= 0.3 is 0 Å². The lowest BCUT2D eigenvalue weighted by Gasteiger charge is -2.08. The number of aromatic nitrogens is 1. The molecule has 0 aliphatic heterocycles. The summed E-state index contributed by atoms with van der Waals surface area (Å²) in [7, 11) is 0. The molecule has 0 saturated carbocycles. The van der Waals surface area contributed by atoms with E-state index in [0.29, 0.717) is 0 Å². The average molecular weight is 200 g/mol. The molecule has 2 N–H and O–H groups in total. The second kappa shape index (κ2) is 4.22. The highest BCUT2D eigenvalue weighted by molar-refractivity contribution is 5.83. The third-order valence-electron chi connectivity index (χ3n) is 2.43. The number of allylic oxidation sites excluding steroid dienone is 1. The van der Waals surface area contributed by atoms with Gasteiger partial charge in [0.05, 0.1) is 0 Å². The lowest BCUT2D eigenvalue weighted by molar-refractivity contribution is 0.914. The summed E-state index contributed by atoms with van der Waals surface area (Å²) in [6, 6.07) is 8.35. The summed E-state index contributed by atoms with van der Waals surface area (Å²) in [6.45, 7) is 6.14. The van der Waals surface area contributed by atoms with Crippen molar-refractivity contribution in [1.29, 1.82) is 0 Å². The van der Waals surface area contributed by atoms with Crippen LogP contribution in [0.4, 0.5) is 5.69 Å². The van der Waals surface area contributed by atoms with Crippen molar-refractivity contribution < 1.29 is 0 Å². The quantitative estimate of drug-likeness (QED) is 0.769. The summed E-state index contributed by atoms with van der Waals surface area (Å²) >= 11 is 0. The van der Waals surface area contributed by atoms with Crippen molar-refractivity contribution in [3.8, 4) is 0 Å². The third kappa shape index (κ3) is 2.21. The molecule has 2 nitrogen and oxygen atoms in total. The topological polar surface area (TPSA) is 27.8 Å². The number of anilines is 1. The lowest BCUT2D eigenvalue weighted by atomic mass is 10.2. The van der Waals surface area contributed by atoms with Crippen LogP contribution in [-0.4, -0.2) is 4.98 Å². The first-order chi connectivity index (χ1) is 7.29. The summed E-state index contributed by atoms with van der Waals surface area (Å²) < 4.78 is 0. The Morgan fingerprint density at radius 2 is 2.27 bits per heavy atom. The minimum atomic E-state index is 1.02. The Bertz CT molecular complexity index is 468. The van der Waals surface area contributed by atoms with Gasteiger partial charge in [-0.05, 0) is 30.7 Å². The molecule has 15 heavy (non-hydrogen) atoms. The molecule has 0 unspecified atom stereocenters. The Morgan fingerprint density at radius 3 is 3.07 bits per heavy atom. The summed E-state index contributed by atoms with van der Waals surface area (Å²) in [5, 5.41) is 4.54. The van der Waals surface area contributed by atoms with Crippen LogP contribution in [0.1, 0.15) is 19.8 Å². The highest BCUT2D eigenvalue weighted by Gasteiger charge is 1.97. The minimum Gasteiger partial charge on any atom is -0.361 e. The zero-order chi connectivity index (χ0) is 10.7. The fourth-order valence-corrected chi connectivity index (χ4v) is 1.70. The van der Waals surface area contributed by atoms with Gasteiger partial charge in [0.1, 0.15) is 0 Å². The normalized spacial score (nSPS) is 10.5. The summed E-state index contributed by atoms with van der Waals surface area (Å²) in [6.07, 6.45) is 4.10. The first-order valence-electron chi connectivity index (χ1n) is 5.31. The predicted octanol–water partition coefficient (Wildman–Crippen LogP) is 3.89. The van der Waals surface area contributed by atoms with Crippen LogP contribution in [-0.2, 0) is 0 Å². The van der Waals surface area contributed by atoms with E-state index >= 15 is 0 Å². The first-order valence-corrected chi connectivity index (χ1v) is 5.31. The Balaban J connectivity index is 2.17. The van der Waals surface area contributed by atoms with Crippen molar-refractivity contribution in [2.75, 3.05) is 5.32 Å². The van der Waals surface area contributed by atoms with Crippen LogP contribution in [0.25, 0.3) is 10.9 Å². The molecular weight excluding hydrogens is 184 g/mol. The number of hydrogen-bond acceptors (Lipinski definition) is 1. The molecule has 1 heterocycles. The van der Waals surface area contributed by atoms with Crippen molar-refractivity contribution in [1.82, 2.24) is 4.98 Å². The number of aromatic amines is 1. The molecule has 0 spiro atoms. The highest BCUT2D eigenvalue weighted by atomic mass is 14.9. The molecule has 0 aliphatic carbocycles. The van der Waals surface area contributed by atoms with Gasteiger partial charge in [0.25, 0.3) is 0 Å². The fraction of sp³-hybridized carbons (Fsp3) is 0.231. The van der Waals surface area contributed by atoms with Gasteiger partial charge in [0.2, 0.25) is 0 Å². The van der Waals surface area contributed by atoms with Gasteiger partial charge in [-0.25, -0.2) is 0 Å². The molecule has 1 aromatic carbocycles. The van der Waals surface area contributed by atoms with Gasteiger partial charge in [-0.2, -0.15) is 0 Å². The summed E-state index contributed by atoms with van der Waals surface area (Å²) in [4.78, 5) is 3.18. The molecule has 2 rings (SSSR count). The molecular formula is C13H16N2. The zero-order valence-electron chi connectivity index (χ0n) is 9.01. The van der Waals surface area contributed by atoms with E-state index in [9.17, 15) is 0 Å². The van der Waals surface area contributed by atoms with E-state index in [1.807, 2.05) is 6.20 Å². The molecule has 0 amide bonds. The van der Waals surface area contributed by atoms with Crippen molar-refractivity contribution in [3.63, 3.8) is 0 Å². The first kappa shape index (κ1) is 9.84. The van der Waals surface area contributed by atoms with Crippen molar-refractivity contribution in [2.45, 2.75) is 19.8 Å². The van der Waals surface area contributed by atoms with Crippen LogP contribution in [0.5, 0.6) is 0 Å². The second-order valence-electron chi connectivity index (χ2n) is 3.76. The van der Waals surface area contributed by atoms with E-state index in [0.717, 1.165) is 24.2 Å². The van der Waals surface area contributed by atoms with Gasteiger partial charge in [-0.3, -0.25) is 0 Å². The second-order valence-corrected chi connectivity index (χ2v) is 3.76. The van der Waals surface area contributed by atoms with Crippen LogP contribution in [0.3, 0.4) is 0 Å². The fourth-order valence-electron chi connectivity index (χ4n) is 1.70. The smallest absolute Gasteiger partial charge is 0.0455 e. The van der Waals surface area contributed by atoms with Crippen LogP contribution in [0.2, 0.25) is 0 Å². The number of fused-ring (bicyclic) bond motifs is 1. The molecule has 1 aromatic heterocycles. The zero-order valence-corrected chi connectivity index (χ0v) is 9.01. The summed E-state index contributed by atoms with van der Waals surface area (Å²) in [5.74, 6) is 0. The molecule has 0 atom stereocenters. The van der Waals surface area contributed by atoms with E-state index in [1.54, 1.807) is 0 Å². The average Bonchev–Trinajstić information content (AvgIpc) is 2.65. The van der Waals surface area contributed by atoms with Gasteiger partial charge in [0.15, 0.2) is 0 Å². The van der Waals surface area contributed by atoms with Crippen molar-refractivity contribution in [2.24, 2.45) is 0 Å². The molecule has 2 aromatic rings. The maximum atomic E-state index is 3.99. The Morgan fingerprint density at radius 1 is 1.40 bits per heavy atom. The molecule has 0 saturated heterocycles. The molecule has 0 fully saturated rings. The van der Waals surface area contributed by atoms with Gasteiger partial charge in [-0.15, -0.1) is 0 Å². The van der Waals surface area contributed by atoms with Crippen LogP contribution in [0, 0.1) is 0 Å². The van der Waals surface area contributed by atoms with E-state index < -0.39 is 0 Å². The van der Waals surface area contributed by atoms with E-state index in [4.69, 9.17) is 0 Å². The van der Waals surface area contributed by atoms with Crippen molar-refractivity contribution in [3.05, 3.63) is 42.7 Å². The standard InChI is InChI=1S/C13H16N2/c1-3-4-10(2)15-12-5-6-13-11(9-12)7-8-14-13/h5-9,14-15H,2-4H2,1H3. The number of hydrogen-bond donors (Lipinski definition) is 2. The molecule has 0 aliphatic rings. The minimum absolute atomic E-state index is 1.02. The molecule has 0 bridgehead atoms. The van der Waals surface area contributed by atoms with Crippen LogP contribution < -0.4 is 5.32 Å². The van der Waals surface area contributed by atoms with Crippen LogP contribution >= 0.6 is 0 Å². The van der Waals surface area contributed by atoms with Gasteiger partial charge in [-0.1, -0.05) is 19.9 Å². The number of rotatable bonds is 4. The highest BCUT2D eigenvalue weighted by Crippen LogP contribution is 2.19. The number of H-pyrrole nitrogens is 1. The SMILES string of the molecule is C=C(CCC)Nc1ccc2[nH]ccc2c1. The van der Waals surface area contributed by atoms with E-state index in [2.05, 4.69) is 48.1 Å². The molecule has 78 valence electrons. The number of benzene rings is 1. The van der Waals surface area contributed by atoms with E-state index in [1.165, 1.54) is 10.9 Å². The van der Waals surface area contributed by atoms with Crippen molar-refractivity contribution >= 4 is 16.6 Å². The Hall–Kier alpha value is -1.70. The maximum absolute atomic E-state index is 3.99. The summed E-state index contributed by atoms with van der Waals surface area (Å²) in [5.41, 5.74) is 3.36. The van der Waals surface area contributed by atoms with E-state index in [-0.39, 0.29) is 0 Å². The Labute approximate surface area is 90.0 Å². The largest absolute Gasteiger partial charge is 0.361 e. The van der Waals surface area contributed by atoms with Gasteiger partial charge in [0, 0.05) is 28.5 Å². The lowest BCUT2D eigenvalue weighted by Crippen LogP contribution is -1.96. The maximum Gasteiger partial charge on any atom is 0.0455 e. The third-order valence-corrected chi connectivity index (χ3v) is 2.43. The monoisotopic (exact) mass is 200 g/mol. The molecule has 2 heteroatoms.